The molecule has 0 aliphatic heterocycles. The number of ketones is 1. The quantitative estimate of drug-likeness (QED) is 0.193. The molecule has 0 amide bonds. The molecule has 0 saturated heterocycles. The zero-order valence-electron chi connectivity index (χ0n) is 21.3. The average Bonchev–Trinajstić information content (AvgIpc) is 2.75. The Hall–Kier alpha value is -1.11. The average molecular weight is 395 g/mol. The summed E-state index contributed by atoms with van der Waals surface area (Å²) in [7, 11) is 0. The number of hydrogen-bond acceptors (Lipinski definition) is 1. The number of unbranched alkanes of at least 4 members (excludes halogenated alkanes) is 4. The van der Waals surface area contributed by atoms with Crippen LogP contribution in [-0.2, 0) is 4.79 Å². The Bertz CT molecular complexity index is 368. The minimum absolute atomic E-state index is 0.134. The summed E-state index contributed by atoms with van der Waals surface area (Å²) in [6, 6.07) is 0. The van der Waals surface area contributed by atoms with E-state index in [1.54, 1.807) is 6.08 Å². The van der Waals surface area contributed by atoms with E-state index in [0.717, 1.165) is 30.4 Å². The molecule has 0 aliphatic rings. The van der Waals surface area contributed by atoms with Crippen LogP contribution in [0.4, 0.5) is 0 Å². The maximum atomic E-state index is 12.0. The Morgan fingerprint density at radius 2 is 1.29 bits per heavy atom. The largest absolute Gasteiger partial charge is 0.294 e. The fourth-order valence-corrected chi connectivity index (χ4v) is 1.86. The van der Waals surface area contributed by atoms with Gasteiger partial charge in [-0.25, -0.2) is 0 Å². The van der Waals surface area contributed by atoms with Gasteiger partial charge >= 0.3 is 0 Å². The van der Waals surface area contributed by atoms with Crippen LogP contribution in [-0.4, -0.2) is 5.78 Å². The molecule has 0 N–H and O–H groups in total. The summed E-state index contributed by atoms with van der Waals surface area (Å²) in [6.45, 7) is 24.7. The zero-order valence-corrected chi connectivity index (χ0v) is 21.3. The molecule has 1 nitrogen and oxygen atoms in total. The van der Waals surface area contributed by atoms with Gasteiger partial charge in [-0.2, -0.15) is 0 Å². The van der Waals surface area contributed by atoms with Crippen molar-refractivity contribution in [2.45, 2.75) is 127 Å². The van der Waals surface area contributed by atoms with Crippen molar-refractivity contribution in [3.63, 3.8) is 0 Å². The molecule has 168 valence electrons. The van der Waals surface area contributed by atoms with Crippen molar-refractivity contribution in [1.82, 2.24) is 0 Å². The molecular formula is C27H54O. The van der Waals surface area contributed by atoms with E-state index in [0.29, 0.717) is 0 Å². The van der Waals surface area contributed by atoms with Crippen LogP contribution in [0.25, 0.3) is 0 Å². The third-order valence-corrected chi connectivity index (χ3v) is 4.22. The Balaban J connectivity index is -0.000000197. The van der Waals surface area contributed by atoms with Crippen LogP contribution in [0.1, 0.15) is 127 Å². The van der Waals surface area contributed by atoms with Gasteiger partial charge in [-0.3, -0.25) is 4.79 Å². The Morgan fingerprint density at radius 3 is 1.57 bits per heavy atom. The van der Waals surface area contributed by atoms with Crippen LogP contribution < -0.4 is 0 Å². The first kappa shape index (κ1) is 34.4. The van der Waals surface area contributed by atoms with E-state index in [1.165, 1.54) is 38.5 Å². The van der Waals surface area contributed by atoms with Crippen LogP contribution in [0, 0.1) is 5.92 Å². The highest BCUT2D eigenvalue weighted by Gasteiger charge is 2.14. The summed E-state index contributed by atoms with van der Waals surface area (Å²) in [4.78, 5) is 12.0. The van der Waals surface area contributed by atoms with Gasteiger partial charge in [0.05, 0.1) is 0 Å². The summed E-state index contributed by atoms with van der Waals surface area (Å²) in [5.41, 5.74) is 2.03. The second kappa shape index (κ2) is 30.6. The molecule has 0 heterocycles. The van der Waals surface area contributed by atoms with Crippen molar-refractivity contribution in [3.8, 4) is 0 Å². The summed E-state index contributed by atoms with van der Waals surface area (Å²) in [5.74, 6) is 0.424. The van der Waals surface area contributed by atoms with Gasteiger partial charge in [0.15, 0.2) is 5.78 Å². The Labute approximate surface area is 179 Å². The Morgan fingerprint density at radius 1 is 0.821 bits per heavy atom. The van der Waals surface area contributed by atoms with Crippen molar-refractivity contribution < 1.29 is 4.79 Å². The molecular weight excluding hydrogens is 340 g/mol. The van der Waals surface area contributed by atoms with E-state index < -0.39 is 0 Å². The highest BCUT2D eigenvalue weighted by atomic mass is 16.1. The summed E-state index contributed by atoms with van der Waals surface area (Å²) in [6.07, 6.45) is 16.7. The second-order valence-corrected chi connectivity index (χ2v) is 6.94. The van der Waals surface area contributed by atoms with E-state index in [9.17, 15) is 4.79 Å². The van der Waals surface area contributed by atoms with Crippen LogP contribution in [0.3, 0.4) is 0 Å². The third kappa shape index (κ3) is 27.1. The lowest BCUT2D eigenvalue weighted by Gasteiger charge is -2.10. The second-order valence-electron chi connectivity index (χ2n) is 6.94. The zero-order chi connectivity index (χ0) is 22.8. The van der Waals surface area contributed by atoms with Crippen molar-refractivity contribution in [1.29, 1.82) is 0 Å². The highest BCUT2D eigenvalue weighted by Crippen LogP contribution is 2.15. The molecule has 0 aromatic rings. The van der Waals surface area contributed by atoms with Crippen molar-refractivity contribution in [2.24, 2.45) is 5.92 Å². The topological polar surface area (TPSA) is 17.1 Å². The van der Waals surface area contributed by atoms with Gasteiger partial charge in [-0.15, -0.1) is 0 Å². The first-order valence-electron chi connectivity index (χ1n) is 11.9. The smallest absolute Gasteiger partial charge is 0.161 e. The number of carbonyl (C=O) groups excluding carboxylic acids is 1. The molecule has 0 radical (unpaired) electrons. The Kier molecular flexibility index (Phi) is 37.6. The van der Waals surface area contributed by atoms with Crippen LogP contribution in [0.15, 0.2) is 36.0 Å². The van der Waals surface area contributed by atoms with E-state index in [1.807, 2.05) is 39.8 Å². The van der Waals surface area contributed by atoms with E-state index in [-0.39, 0.29) is 11.7 Å². The van der Waals surface area contributed by atoms with E-state index in [2.05, 4.69) is 48.1 Å². The SMILES string of the molecule is C=C/C(C)=C\C=C(/CCC)C(=O)C(C)CC.CC.CCCC.CCCCCC. The lowest BCUT2D eigenvalue weighted by molar-refractivity contribution is -0.118. The molecule has 0 fully saturated rings. The van der Waals surface area contributed by atoms with Crippen LogP contribution >= 0.6 is 0 Å². The highest BCUT2D eigenvalue weighted by molar-refractivity contribution is 5.97. The molecule has 1 atom stereocenters. The standard InChI is InChI=1S/C15H24O.C6H14.C4H10.C2H6/c1-6-9-14(11-10-12(4)7-2)15(16)13(5)8-3;1-3-5-6-4-2;1-3-4-2;1-2/h7,10-11,13H,2,6,8-9H2,1,3-5H3;3-6H2,1-2H3;3-4H2,1-2H3;1-2H3/b12-10-,14-11+;;;. The van der Waals surface area contributed by atoms with Gasteiger partial charge in [0.1, 0.15) is 0 Å². The summed E-state index contributed by atoms with van der Waals surface area (Å²) >= 11 is 0. The molecule has 28 heavy (non-hydrogen) atoms. The molecule has 0 spiro atoms. The number of hydrogen-bond donors (Lipinski definition) is 0. The van der Waals surface area contributed by atoms with Gasteiger partial charge in [0.25, 0.3) is 0 Å². The maximum Gasteiger partial charge on any atom is 0.161 e. The fraction of sp³-hybridized carbons (Fsp3) is 0.741. The maximum absolute atomic E-state index is 12.0. The number of Topliss-reactive ketones (excluding diaryl/α,β-unsaturated/α-hetero) is 1. The molecule has 0 bridgehead atoms. The van der Waals surface area contributed by atoms with Gasteiger partial charge in [0, 0.05) is 5.92 Å². The minimum atomic E-state index is 0.134. The van der Waals surface area contributed by atoms with Crippen LogP contribution in [0.2, 0.25) is 0 Å². The summed E-state index contributed by atoms with van der Waals surface area (Å²) < 4.78 is 0. The van der Waals surface area contributed by atoms with E-state index >= 15 is 0 Å². The third-order valence-electron chi connectivity index (χ3n) is 4.22. The lowest BCUT2D eigenvalue weighted by Crippen LogP contribution is -2.12. The molecule has 0 aromatic heterocycles. The van der Waals surface area contributed by atoms with Crippen molar-refractivity contribution in [3.05, 3.63) is 36.0 Å². The first-order valence-corrected chi connectivity index (χ1v) is 11.9. The van der Waals surface area contributed by atoms with Crippen molar-refractivity contribution in [2.75, 3.05) is 0 Å². The predicted molar refractivity (Wildman–Crippen MR) is 133 cm³/mol. The van der Waals surface area contributed by atoms with Gasteiger partial charge in [-0.1, -0.05) is 138 Å². The van der Waals surface area contributed by atoms with Crippen molar-refractivity contribution >= 4 is 5.78 Å². The molecule has 0 aliphatic carbocycles. The molecule has 0 saturated carbocycles. The van der Waals surface area contributed by atoms with E-state index in [4.69, 9.17) is 0 Å². The number of carbonyl (C=O) groups is 1. The molecule has 1 unspecified atom stereocenters. The molecule has 1 heteroatoms. The minimum Gasteiger partial charge on any atom is -0.294 e. The summed E-state index contributed by atoms with van der Waals surface area (Å²) in [5, 5.41) is 0. The van der Waals surface area contributed by atoms with Gasteiger partial charge in [-0.05, 0) is 25.3 Å². The van der Waals surface area contributed by atoms with Crippen LogP contribution in [0.5, 0.6) is 0 Å². The molecule has 0 rings (SSSR count). The first-order chi connectivity index (χ1) is 13.4. The van der Waals surface area contributed by atoms with Gasteiger partial charge < -0.3 is 0 Å². The predicted octanol–water partition coefficient (Wildman–Crippen LogP) is 9.88. The molecule has 0 aromatic carbocycles. The lowest BCUT2D eigenvalue weighted by atomic mass is 9.94. The monoisotopic (exact) mass is 394 g/mol. The normalized spacial score (nSPS) is 11.6. The fourth-order valence-electron chi connectivity index (χ4n) is 1.86. The number of rotatable bonds is 11. The number of allylic oxidation sites excluding steroid dienone is 5. The van der Waals surface area contributed by atoms with Gasteiger partial charge in [0.2, 0.25) is 0 Å².